The van der Waals surface area contributed by atoms with Crippen LogP contribution in [0.25, 0.3) is 0 Å². The van der Waals surface area contributed by atoms with E-state index in [2.05, 4.69) is 17.1 Å². The minimum absolute atomic E-state index is 0.556. The Morgan fingerprint density at radius 3 is 3.00 bits per heavy atom. The highest BCUT2D eigenvalue weighted by Crippen LogP contribution is 2.19. The van der Waals surface area contributed by atoms with Gasteiger partial charge >= 0.3 is 0 Å². The lowest BCUT2D eigenvalue weighted by Crippen LogP contribution is -2.50. The molecule has 0 aromatic rings. The molecular weight excluding hydrogens is 200 g/mol. The van der Waals surface area contributed by atoms with E-state index in [0.717, 1.165) is 25.8 Å². The summed E-state index contributed by atoms with van der Waals surface area (Å²) >= 11 is 0. The summed E-state index contributed by atoms with van der Waals surface area (Å²) < 4.78 is 5.53. The smallest absolute Gasteiger partial charge is 0.0632 e. The normalized spacial score (nSPS) is 33.6. The highest BCUT2D eigenvalue weighted by molar-refractivity contribution is 4.80. The van der Waals surface area contributed by atoms with Crippen LogP contribution in [0.1, 0.15) is 39.0 Å². The Hall–Kier alpha value is -0.120. The third-order valence-electron chi connectivity index (χ3n) is 3.92. The zero-order valence-corrected chi connectivity index (χ0v) is 10.6. The molecule has 0 amide bonds. The van der Waals surface area contributed by atoms with Crippen molar-refractivity contribution in [3.8, 4) is 0 Å². The van der Waals surface area contributed by atoms with Crippen LogP contribution < -0.4 is 5.32 Å². The van der Waals surface area contributed by atoms with Gasteiger partial charge in [-0.2, -0.15) is 0 Å². The predicted octanol–water partition coefficient (Wildman–Crippen LogP) is 1.63. The summed E-state index contributed by atoms with van der Waals surface area (Å²) in [6.07, 6.45) is 6.91. The molecule has 2 fully saturated rings. The lowest BCUT2D eigenvalue weighted by Gasteiger charge is -2.34. The van der Waals surface area contributed by atoms with Crippen molar-refractivity contribution >= 4 is 0 Å². The summed E-state index contributed by atoms with van der Waals surface area (Å²) in [5, 5.41) is 3.56. The zero-order valence-electron chi connectivity index (χ0n) is 10.6. The first-order chi connectivity index (χ1) is 7.90. The number of morpholine rings is 1. The van der Waals surface area contributed by atoms with Gasteiger partial charge in [-0.25, -0.2) is 0 Å². The van der Waals surface area contributed by atoms with Gasteiger partial charge in [0, 0.05) is 25.2 Å². The molecule has 0 spiro atoms. The van der Waals surface area contributed by atoms with Crippen LogP contribution in [0.4, 0.5) is 0 Å². The van der Waals surface area contributed by atoms with E-state index in [1.165, 1.54) is 45.2 Å². The molecule has 0 radical (unpaired) electrons. The lowest BCUT2D eigenvalue weighted by atomic mass is 10.1. The molecule has 2 saturated heterocycles. The molecule has 1 N–H and O–H groups in total. The fraction of sp³-hybridized carbons (Fsp3) is 1.00. The molecule has 0 aromatic heterocycles. The molecule has 2 heterocycles. The second kappa shape index (κ2) is 6.58. The van der Waals surface area contributed by atoms with Crippen molar-refractivity contribution in [3.63, 3.8) is 0 Å². The van der Waals surface area contributed by atoms with Gasteiger partial charge in [0.1, 0.15) is 0 Å². The molecule has 0 aromatic carbocycles. The standard InChI is InChI=1S/C13H26N2O/c1-2-13-6-4-3-5-8-15(13)10-12-11-16-9-7-14-12/h12-14H,2-11H2,1H3. The van der Waals surface area contributed by atoms with Gasteiger partial charge in [0.2, 0.25) is 0 Å². The Morgan fingerprint density at radius 2 is 2.25 bits per heavy atom. The molecule has 16 heavy (non-hydrogen) atoms. The van der Waals surface area contributed by atoms with E-state index in [9.17, 15) is 0 Å². The van der Waals surface area contributed by atoms with Crippen molar-refractivity contribution in [2.75, 3.05) is 32.8 Å². The van der Waals surface area contributed by atoms with E-state index >= 15 is 0 Å². The van der Waals surface area contributed by atoms with Crippen molar-refractivity contribution in [1.29, 1.82) is 0 Å². The van der Waals surface area contributed by atoms with E-state index in [1.807, 2.05) is 0 Å². The lowest BCUT2D eigenvalue weighted by molar-refractivity contribution is 0.0540. The highest BCUT2D eigenvalue weighted by atomic mass is 16.5. The molecule has 2 aliphatic heterocycles. The van der Waals surface area contributed by atoms with Gasteiger partial charge in [-0.1, -0.05) is 19.8 Å². The molecule has 2 rings (SSSR count). The van der Waals surface area contributed by atoms with E-state index < -0.39 is 0 Å². The van der Waals surface area contributed by atoms with E-state index in [-0.39, 0.29) is 0 Å². The van der Waals surface area contributed by atoms with Gasteiger partial charge < -0.3 is 10.1 Å². The molecule has 94 valence electrons. The molecule has 3 nitrogen and oxygen atoms in total. The molecule has 0 saturated carbocycles. The van der Waals surface area contributed by atoms with E-state index in [0.29, 0.717) is 6.04 Å². The topological polar surface area (TPSA) is 24.5 Å². The summed E-state index contributed by atoms with van der Waals surface area (Å²) in [5.74, 6) is 0. The largest absolute Gasteiger partial charge is 0.378 e. The first-order valence-electron chi connectivity index (χ1n) is 6.95. The number of likely N-dealkylation sites (tertiary alicyclic amines) is 1. The van der Waals surface area contributed by atoms with Gasteiger partial charge in [-0.15, -0.1) is 0 Å². The number of nitrogens with zero attached hydrogens (tertiary/aromatic N) is 1. The van der Waals surface area contributed by atoms with Crippen molar-refractivity contribution < 1.29 is 4.74 Å². The second-order valence-electron chi connectivity index (χ2n) is 5.13. The molecule has 0 bridgehead atoms. The maximum Gasteiger partial charge on any atom is 0.0632 e. The molecule has 0 aliphatic carbocycles. The van der Waals surface area contributed by atoms with Crippen molar-refractivity contribution in [1.82, 2.24) is 10.2 Å². The van der Waals surface area contributed by atoms with Gasteiger partial charge in [-0.05, 0) is 25.8 Å². The van der Waals surface area contributed by atoms with Crippen LogP contribution in [0, 0.1) is 0 Å². The summed E-state index contributed by atoms with van der Waals surface area (Å²) in [6.45, 7) is 7.60. The van der Waals surface area contributed by atoms with Crippen molar-refractivity contribution in [2.24, 2.45) is 0 Å². The van der Waals surface area contributed by atoms with E-state index in [1.54, 1.807) is 0 Å². The average molecular weight is 226 g/mol. The molecular formula is C13H26N2O. The fourth-order valence-corrected chi connectivity index (χ4v) is 2.96. The number of nitrogens with one attached hydrogen (secondary N) is 1. The molecule has 2 unspecified atom stereocenters. The van der Waals surface area contributed by atoms with Crippen LogP contribution in [-0.2, 0) is 4.74 Å². The van der Waals surface area contributed by atoms with Gasteiger partial charge in [0.25, 0.3) is 0 Å². The maximum atomic E-state index is 5.53. The van der Waals surface area contributed by atoms with Crippen LogP contribution in [0.15, 0.2) is 0 Å². The molecule has 2 atom stereocenters. The first-order valence-corrected chi connectivity index (χ1v) is 6.95. The SMILES string of the molecule is CCC1CCCCCN1CC1COCCN1. The second-order valence-corrected chi connectivity index (χ2v) is 5.13. The van der Waals surface area contributed by atoms with Crippen molar-refractivity contribution in [2.45, 2.75) is 51.1 Å². The van der Waals surface area contributed by atoms with E-state index in [4.69, 9.17) is 4.74 Å². The van der Waals surface area contributed by atoms with Gasteiger partial charge in [-0.3, -0.25) is 4.90 Å². The van der Waals surface area contributed by atoms with Crippen LogP contribution in [0.2, 0.25) is 0 Å². The summed E-state index contributed by atoms with van der Waals surface area (Å²) in [5.41, 5.74) is 0. The maximum absolute atomic E-state index is 5.53. The Kier molecular flexibility index (Phi) is 5.07. The van der Waals surface area contributed by atoms with Crippen molar-refractivity contribution in [3.05, 3.63) is 0 Å². The predicted molar refractivity (Wildman–Crippen MR) is 66.7 cm³/mol. The Labute approximate surface area is 99.5 Å². The summed E-state index contributed by atoms with van der Waals surface area (Å²) in [7, 11) is 0. The monoisotopic (exact) mass is 226 g/mol. The Bertz CT molecular complexity index is 192. The van der Waals surface area contributed by atoms with Crippen LogP contribution in [0.5, 0.6) is 0 Å². The van der Waals surface area contributed by atoms with Crippen LogP contribution in [-0.4, -0.2) is 49.8 Å². The quantitative estimate of drug-likeness (QED) is 0.791. The fourth-order valence-electron chi connectivity index (χ4n) is 2.96. The third kappa shape index (κ3) is 3.44. The van der Waals surface area contributed by atoms with Crippen LogP contribution >= 0.6 is 0 Å². The number of ether oxygens (including phenoxy) is 1. The number of hydrogen-bond acceptors (Lipinski definition) is 3. The van der Waals surface area contributed by atoms with Gasteiger partial charge in [0.05, 0.1) is 13.2 Å². The summed E-state index contributed by atoms with van der Waals surface area (Å²) in [4.78, 5) is 2.69. The minimum atomic E-state index is 0.556. The zero-order chi connectivity index (χ0) is 11.2. The Morgan fingerprint density at radius 1 is 1.31 bits per heavy atom. The van der Waals surface area contributed by atoms with Gasteiger partial charge in [0.15, 0.2) is 0 Å². The highest BCUT2D eigenvalue weighted by Gasteiger charge is 2.23. The van der Waals surface area contributed by atoms with Crippen LogP contribution in [0.3, 0.4) is 0 Å². The third-order valence-corrected chi connectivity index (χ3v) is 3.92. The molecule has 3 heteroatoms. The Balaban J connectivity index is 1.83. The summed E-state index contributed by atoms with van der Waals surface area (Å²) in [6, 6.07) is 1.37. The average Bonchev–Trinajstić information content (AvgIpc) is 2.55. The number of hydrogen-bond donors (Lipinski definition) is 1. The first kappa shape index (κ1) is 12.3. The minimum Gasteiger partial charge on any atom is -0.378 e. The number of rotatable bonds is 3. The molecule has 2 aliphatic rings.